The van der Waals surface area contributed by atoms with E-state index in [-0.39, 0.29) is 28.9 Å². The first kappa shape index (κ1) is 24.9. The number of nitrogens with zero attached hydrogens (tertiary/aromatic N) is 3. The van der Waals surface area contributed by atoms with Crippen molar-refractivity contribution in [3.63, 3.8) is 0 Å². The molecule has 0 unspecified atom stereocenters. The van der Waals surface area contributed by atoms with E-state index in [1.165, 1.54) is 4.90 Å². The monoisotopic (exact) mass is 564 g/mol. The number of carbonyl (C=O) groups is 1. The molecule has 0 atom stereocenters. The Morgan fingerprint density at radius 2 is 2.00 bits per heavy atom. The number of fused-ring (bicyclic) bond motifs is 1. The van der Waals surface area contributed by atoms with Gasteiger partial charge in [0.05, 0.1) is 15.7 Å². The van der Waals surface area contributed by atoms with Gasteiger partial charge in [0, 0.05) is 39.6 Å². The smallest absolute Gasteiger partial charge is 0.414 e. The zero-order valence-corrected chi connectivity index (χ0v) is 21.5. The molecule has 3 aromatic rings. The Labute approximate surface area is 213 Å². The predicted molar refractivity (Wildman–Crippen MR) is 129 cm³/mol. The minimum absolute atomic E-state index is 0.0243. The molecule has 0 fully saturated rings. The zero-order valence-electron chi connectivity index (χ0n) is 17.6. The van der Waals surface area contributed by atoms with Gasteiger partial charge in [0.2, 0.25) is 5.13 Å². The normalized spacial score (nSPS) is 14.7. The molecule has 4 rings (SSSR count). The number of hydrogen-bond acceptors (Lipinski definition) is 7. The number of amides is 1. The first-order valence-electron chi connectivity index (χ1n) is 9.61. The second-order valence-corrected chi connectivity index (χ2v) is 11.6. The average Bonchev–Trinajstić information content (AvgIpc) is 3.35. The van der Waals surface area contributed by atoms with Crippen molar-refractivity contribution < 1.29 is 22.3 Å². The number of ether oxygens (including phenoxy) is 1. The van der Waals surface area contributed by atoms with Crippen LogP contribution in [0.3, 0.4) is 0 Å². The third-order valence-corrected chi connectivity index (χ3v) is 8.36. The lowest BCUT2D eigenvalue weighted by molar-refractivity contribution is 0.146. The Morgan fingerprint density at radius 1 is 1.26 bits per heavy atom. The minimum Gasteiger partial charge on any atom is -0.444 e. The molecule has 0 radical (unpaired) electrons. The zero-order chi connectivity index (χ0) is 24.8. The quantitative estimate of drug-likeness (QED) is 0.415. The predicted octanol–water partition coefficient (Wildman–Crippen LogP) is 5.87. The van der Waals surface area contributed by atoms with Crippen LogP contribution in [0, 0.1) is 5.82 Å². The molecule has 14 heteroatoms. The number of aromatic nitrogens is 2. The molecule has 0 saturated heterocycles. The first-order valence-corrected chi connectivity index (χ1v) is 13.0. The van der Waals surface area contributed by atoms with Gasteiger partial charge in [-0.1, -0.05) is 48.7 Å². The highest BCUT2D eigenvalue weighted by atomic mass is 35.5. The van der Waals surface area contributed by atoms with Gasteiger partial charge in [0.1, 0.15) is 23.6 Å². The van der Waals surface area contributed by atoms with E-state index in [1.54, 1.807) is 12.1 Å². The Kier molecular flexibility index (Phi) is 6.69. The molecule has 1 aromatic heterocycles. The highest BCUT2D eigenvalue weighted by molar-refractivity contribution is 7.93. The third-order valence-electron chi connectivity index (χ3n) is 5.14. The second kappa shape index (κ2) is 9.12. The van der Waals surface area contributed by atoms with Gasteiger partial charge in [-0.3, -0.25) is 9.62 Å². The summed E-state index contributed by atoms with van der Waals surface area (Å²) in [6, 6.07) is 5.12. The summed E-state index contributed by atoms with van der Waals surface area (Å²) in [5, 5.41) is 0.623. The maximum Gasteiger partial charge on any atom is 0.414 e. The standard InChI is InChI=1S/C20H16Cl3FN4O4S2/c1-20(2)8-28(14-4-3-11(21)17(23)16(14)20)19(29)32-7-10-5-13(24)15(6-12(10)22)34(30,31)27-18-25-9-26-33-18/h3-6,9H,7-8H2,1-2H3,(H,25,26,27). The molecule has 1 aliphatic heterocycles. The van der Waals surface area contributed by atoms with Crippen LogP contribution in [0.5, 0.6) is 0 Å². The number of benzene rings is 2. The number of carbonyl (C=O) groups excluding carboxylic acids is 1. The van der Waals surface area contributed by atoms with Crippen molar-refractivity contribution in [2.75, 3.05) is 16.2 Å². The molecule has 0 aliphatic carbocycles. The molecule has 2 aromatic carbocycles. The molecule has 1 N–H and O–H groups in total. The van der Waals surface area contributed by atoms with Crippen molar-refractivity contribution in [3.05, 3.63) is 62.6 Å². The number of hydrogen-bond donors (Lipinski definition) is 1. The van der Waals surface area contributed by atoms with Crippen LogP contribution in [0.15, 0.2) is 35.5 Å². The van der Waals surface area contributed by atoms with E-state index in [4.69, 9.17) is 39.5 Å². The highest BCUT2D eigenvalue weighted by Gasteiger charge is 2.41. The first-order chi connectivity index (χ1) is 15.9. The fraction of sp³-hybridized carbons (Fsp3) is 0.250. The fourth-order valence-electron chi connectivity index (χ4n) is 3.62. The molecular weight excluding hydrogens is 550 g/mol. The van der Waals surface area contributed by atoms with Crippen molar-refractivity contribution in [1.29, 1.82) is 0 Å². The second-order valence-electron chi connectivity index (χ2n) is 8.01. The summed E-state index contributed by atoms with van der Waals surface area (Å²) < 4.78 is 50.8. The largest absolute Gasteiger partial charge is 0.444 e. The van der Waals surface area contributed by atoms with Gasteiger partial charge in [-0.15, -0.1) is 0 Å². The van der Waals surface area contributed by atoms with E-state index in [2.05, 4.69) is 14.1 Å². The van der Waals surface area contributed by atoms with Gasteiger partial charge in [-0.25, -0.2) is 22.6 Å². The molecule has 1 aliphatic rings. The van der Waals surface area contributed by atoms with E-state index in [9.17, 15) is 17.6 Å². The number of rotatable bonds is 5. The van der Waals surface area contributed by atoms with Gasteiger partial charge in [-0.05, 0) is 24.3 Å². The number of sulfonamides is 1. The van der Waals surface area contributed by atoms with Crippen LogP contribution in [0.2, 0.25) is 15.1 Å². The van der Waals surface area contributed by atoms with E-state index in [0.717, 1.165) is 35.6 Å². The molecular formula is C20H16Cl3FN4O4S2. The molecule has 0 bridgehead atoms. The van der Waals surface area contributed by atoms with Crippen molar-refractivity contribution >= 4 is 73.3 Å². The summed E-state index contributed by atoms with van der Waals surface area (Å²) in [5.74, 6) is -1.07. The van der Waals surface area contributed by atoms with Crippen molar-refractivity contribution in [3.8, 4) is 0 Å². The molecule has 8 nitrogen and oxygen atoms in total. The van der Waals surface area contributed by atoms with Gasteiger partial charge >= 0.3 is 6.09 Å². The Hall–Kier alpha value is -2.18. The summed E-state index contributed by atoms with van der Waals surface area (Å²) in [7, 11) is -4.29. The van der Waals surface area contributed by atoms with Crippen molar-refractivity contribution in [2.45, 2.75) is 30.8 Å². The molecule has 0 spiro atoms. The highest BCUT2D eigenvalue weighted by Crippen LogP contribution is 2.47. The van der Waals surface area contributed by atoms with E-state index >= 15 is 0 Å². The molecule has 1 amide bonds. The lowest BCUT2D eigenvalue weighted by Crippen LogP contribution is -2.34. The van der Waals surface area contributed by atoms with E-state index in [0.29, 0.717) is 15.7 Å². The number of nitrogens with one attached hydrogen (secondary N) is 1. The number of anilines is 2. The van der Waals surface area contributed by atoms with Gasteiger partial charge in [-0.2, -0.15) is 4.37 Å². The Morgan fingerprint density at radius 3 is 2.68 bits per heavy atom. The van der Waals surface area contributed by atoms with E-state index < -0.39 is 32.2 Å². The molecule has 0 saturated carbocycles. The van der Waals surface area contributed by atoms with Gasteiger partial charge in [0.15, 0.2) is 0 Å². The Balaban J connectivity index is 1.52. The lowest BCUT2D eigenvalue weighted by Gasteiger charge is -2.21. The fourth-order valence-corrected chi connectivity index (χ4v) is 6.23. The van der Waals surface area contributed by atoms with Gasteiger partial charge in [0.25, 0.3) is 10.0 Å². The molecule has 180 valence electrons. The van der Waals surface area contributed by atoms with Gasteiger partial charge < -0.3 is 4.74 Å². The maximum atomic E-state index is 14.7. The van der Waals surface area contributed by atoms with Crippen LogP contribution in [0.4, 0.5) is 20.0 Å². The van der Waals surface area contributed by atoms with Crippen LogP contribution < -0.4 is 9.62 Å². The SMILES string of the molecule is CC1(C)CN(C(=O)OCc2cc(F)c(S(=O)(=O)Nc3ncns3)cc2Cl)c2ccc(Cl)c(Cl)c21. The topological polar surface area (TPSA) is 101 Å². The number of halogens is 4. The van der Waals surface area contributed by atoms with Crippen LogP contribution in [0.25, 0.3) is 0 Å². The molecule has 34 heavy (non-hydrogen) atoms. The molecule has 2 heterocycles. The summed E-state index contributed by atoms with van der Waals surface area (Å²) in [6.07, 6.45) is 0.461. The maximum absolute atomic E-state index is 14.7. The van der Waals surface area contributed by atoms with Crippen LogP contribution >= 0.6 is 46.3 Å². The van der Waals surface area contributed by atoms with Crippen LogP contribution in [-0.4, -0.2) is 30.4 Å². The summed E-state index contributed by atoms with van der Waals surface area (Å²) in [4.78, 5) is 17.3. The van der Waals surface area contributed by atoms with Crippen molar-refractivity contribution in [1.82, 2.24) is 9.36 Å². The average molecular weight is 566 g/mol. The summed E-state index contributed by atoms with van der Waals surface area (Å²) in [6.45, 7) is 3.75. The van der Waals surface area contributed by atoms with Crippen molar-refractivity contribution in [2.24, 2.45) is 0 Å². The van der Waals surface area contributed by atoms with Crippen LogP contribution in [-0.2, 0) is 26.8 Å². The van der Waals surface area contributed by atoms with E-state index in [1.807, 2.05) is 13.8 Å². The minimum atomic E-state index is -4.29. The summed E-state index contributed by atoms with van der Waals surface area (Å²) >= 11 is 19.5. The summed E-state index contributed by atoms with van der Waals surface area (Å²) in [5.41, 5.74) is 0.900. The Bertz CT molecular complexity index is 1380. The third kappa shape index (κ3) is 4.67. The lowest BCUT2D eigenvalue weighted by atomic mass is 9.87. The van der Waals surface area contributed by atoms with Crippen LogP contribution in [0.1, 0.15) is 25.0 Å².